The first-order chi connectivity index (χ1) is 13.0. The number of rotatable bonds is 4. The van der Waals surface area contributed by atoms with Crippen LogP contribution in [0.2, 0.25) is 0 Å². The maximum absolute atomic E-state index is 13.5. The zero-order chi connectivity index (χ0) is 19.0. The molecule has 0 unspecified atom stereocenters. The second kappa shape index (κ2) is 6.87. The SMILES string of the molecule is C[C@@H]1C[C@@H](C(N)=O)c2ccccc2N1Cc1ccn(-c2cccc(F)c2)n1. The minimum atomic E-state index is -0.291. The average molecular weight is 364 g/mol. The van der Waals surface area contributed by atoms with E-state index < -0.39 is 0 Å². The molecule has 4 rings (SSSR count). The molecule has 0 fully saturated rings. The second-order valence-corrected chi connectivity index (χ2v) is 6.96. The van der Waals surface area contributed by atoms with Crippen molar-refractivity contribution in [1.29, 1.82) is 0 Å². The van der Waals surface area contributed by atoms with Gasteiger partial charge in [0, 0.05) is 17.9 Å². The number of amides is 1. The minimum absolute atomic E-state index is 0.150. The number of hydrogen-bond donors (Lipinski definition) is 1. The molecule has 0 saturated heterocycles. The van der Waals surface area contributed by atoms with Crippen molar-refractivity contribution in [3.63, 3.8) is 0 Å². The molecule has 138 valence electrons. The monoisotopic (exact) mass is 364 g/mol. The van der Waals surface area contributed by atoms with Crippen LogP contribution in [-0.2, 0) is 11.3 Å². The lowest BCUT2D eigenvalue weighted by Gasteiger charge is -2.39. The van der Waals surface area contributed by atoms with Gasteiger partial charge in [-0.15, -0.1) is 0 Å². The Morgan fingerprint density at radius 2 is 2.04 bits per heavy atom. The smallest absolute Gasteiger partial charge is 0.225 e. The fourth-order valence-corrected chi connectivity index (χ4v) is 3.77. The lowest BCUT2D eigenvalue weighted by Crippen LogP contribution is -2.41. The van der Waals surface area contributed by atoms with Gasteiger partial charge in [-0.2, -0.15) is 5.10 Å². The van der Waals surface area contributed by atoms with Gasteiger partial charge < -0.3 is 10.6 Å². The normalized spacial score (nSPS) is 19.0. The Morgan fingerprint density at radius 1 is 1.22 bits per heavy atom. The summed E-state index contributed by atoms with van der Waals surface area (Å²) in [4.78, 5) is 14.1. The van der Waals surface area contributed by atoms with Gasteiger partial charge in [0.1, 0.15) is 5.82 Å². The molecule has 6 heteroatoms. The van der Waals surface area contributed by atoms with Gasteiger partial charge in [-0.1, -0.05) is 24.3 Å². The topological polar surface area (TPSA) is 64.2 Å². The third-order valence-corrected chi connectivity index (χ3v) is 5.12. The van der Waals surface area contributed by atoms with Crippen LogP contribution in [0.15, 0.2) is 60.8 Å². The third kappa shape index (κ3) is 3.30. The Labute approximate surface area is 157 Å². The summed E-state index contributed by atoms with van der Waals surface area (Å²) < 4.78 is 15.1. The van der Waals surface area contributed by atoms with Crippen LogP contribution in [0.5, 0.6) is 0 Å². The van der Waals surface area contributed by atoms with Crippen LogP contribution >= 0.6 is 0 Å². The fraction of sp³-hybridized carbons (Fsp3) is 0.238. The van der Waals surface area contributed by atoms with Crippen molar-refractivity contribution in [2.75, 3.05) is 4.90 Å². The molecule has 0 spiro atoms. The zero-order valence-corrected chi connectivity index (χ0v) is 15.0. The van der Waals surface area contributed by atoms with Crippen molar-refractivity contribution < 1.29 is 9.18 Å². The van der Waals surface area contributed by atoms with E-state index in [9.17, 15) is 9.18 Å². The molecule has 1 aromatic heterocycles. The molecule has 0 radical (unpaired) electrons. The van der Waals surface area contributed by atoms with E-state index in [0.29, 0.717) is 18.7 Å². The highest BCUT2D eigenvalue weighted by Gasteiger charge is 2.33. The third-order valence-electron chi connectivity index (χ3n) is 5.12. The van der Waals surface area contributed by atoms with E-state index in [2.05, 4.69) is 16.9 Å². The van der Waals surface area contributed by atoms with Crippen molar-refractivity contribution in [3.8, 4) is 5.69 Å². The van der Waals surface area contributed by atoms with Crippen molar-refractivity contribution in [3.05, 3.63) is 77.9 Å². The van der Waals surface area contributed by atoms with Gasteiger partial charge in [-0.3, -0.25) is 4.79 Å². The van der Waals surface area contributed by atoms with Crippen LogP contribution in [-0.4, -0.2) is 21.7 Å². The fourth-order valence-electron chi connectivity index (χ4n) is 3.77. The van der Waals surface area contributed by atoms with Crippen LogP contribution in [0.4, 0.5) is 10.1 Å². The highest BCUT2D eigenvalue weighted by atomic mass is 19.1. The Kier molecular flexibility index (Phi) is 4.39. The standard InChI is InChI=1S/C21H21FN4O/c1-14-11-19(21(23)27)18-7-2-3-8-20(18)25(14)13-16-9-10-26(24-16)17-6-4-5-15(22)12-17/h2-10,12,14,19H,11,13H2,1H3,(H2,23,27)/t14-,19-/m1/s1. The predicted molar refractivity (Wildman–Crippen MR) is 102 cm³/mol. The summed E-state index contributed by atoms with van der Waals surface area (Å²) in [5.74, 6) is -0.845. The maximum Gasteiger partial charge on any atom is 0.225 e. The minimum Gasteiger partial charge on any atom is -0.369 e. The van der Waals surface area contributed by atoms with E-state index in [0.717, 1.165) is 16.9 Å². The molecule has 2 heterocycles. The summed E-state index contributed by atoms with van der Waals surface area (Å²) in [7, 11) is 0. The molecule has 1 aliphatic rings. The Balaban J connectivity index is 1.63. The van der Waals surface area contributed by atoms with Crippen molar-refractivity contribution >= 4 is 11.6 Å². The Bertz CT molecular complexity index is 984. The Hall–Kier alpha value is -3.15. The molecular weight excluding hydrogens is 343 g/mol. The molecule has 5 nitrogen and oxygen atoms in total. The van der Waals surface area contributed by atoms with Crippen LogP contribution in [0.3, 0.4) is 0 Å². The van der Waals surface area contributed by atoms with E-state index in [1.165, 1.54) is 12.1 Å². The number of anilines is 1. The Morgan fingerprint density at radius 3 is 2.81 bits per heavy atom. The van der Waals surface area contributed by atoms with Crippen LogP contribution < -0.4 is 10.6 Å². The summed E-state index contributed by atoms with van der Waals surface area (Å²) in [6, 6.07) is 16.3. The number of fused-ring (bicyclic) bond motifs is 1. The number of nitrogens with two attached hydrogens (primary N) is 1. The van der Waals surface area contributed by atoms with E-state index in [-0.39, 0.29) is 23.7 Å². The van der Waals surface area contributed by atoms with Gasteiger partial charge in [0.25, 0.3) is 0 Å². The summed E-state index contributed by atoms with van der Waals surface area (Å²) in [5, 5.41) is 4.59. The number of benzene rings is 2. The van der Waals surface area contributed by atoms with Gasteiger partial charge in [0.15, 0.2) is 0 Å². The number of halogens is 1. The quantitative estimate of drug-likeness (QED) is 0.772. The number of nitrogens with zero attached hydrogens (tertiary/aromatic N) is 3. The molecule has 2 atom stereocenters. The molecular formula is C21H21FN4O. The first kappa shape index (κ1) is 17.3. The molecule has 2 N–H and O–H groups in total. The lowest BCUT2D eigenvalue weighted by atomic mass is 9.85. The van der Waals surface area contributed by atoms with Crippen LogP contribution in [0, 0.1) is 5.82 Å². The highest BCUT2D eigenvalue weighted by molar-refractivity contribution is 5.85. The van der Waals surface area contributed by atoms with Crippen LogP contribution in [0.1, 0.15) is 30.5 Å². The van der Waals surface area contributed by atoms with Gasteiger partial charge in [0.2, 0.25) is 5.91 Å². The van der Waals surface area contributed by atoms with Crippen molar-refractivity contribution in [2.45, 2.75) is 31.8 Å². The number of para-hydroxylation sites is 1. The molecule has 1 aliphatic heterocycles. The summed E-state index contributed by atoms with van der Waals surface area (Å²) >= 11 is 0. The summed E-state index contributed by atoms with van der Waals surface area (Å²) in [6.07, 6.45) is 2.51. The largest absolute Gasteiger partial charge is 0.369 e. The van der Waals surface area contributed by atoms with E-state index in [4.69, 9.17) is 5.73 Å². The molecule has 0 aliphatic carbocycles. The predicted octanol–water partition coefficient (Wildman–Crippen LogP) is 3.38. The molecule has 2 aromatic carbocycles. The van der Waals surface area contributed by atoms with Crippen molar-refractivity contribution in [2.24, 2.45) is 5.73 Å². The van der Waals surface area contributed by atoms with Gasteiger partial charge >= 0.3 is 0 Å². The molecule has 0 saturated carbocycles. The van der Waals surface area contributed by atoms with Crippen molar-refractivity contribution in [1.82, 2.24) is 9.78 Å². The first-order valence-electron chi connectivity index (χ1n) is 8.98. The molecule has 1 amide bonds. The molecule has 3 aromatic rings. The number of carbonyl (C=O) groups is 1. The lowest BCUT2D eigenvalue weighted by molar-refractivity contribution is -0.119. The van der Waals surface area contributed by atoms with Gasteiger partial charge in [-0.05, 0) is 49.2 Å². The molecule has 27 heavy (non-hydrogen) atoms. The molecule has 0 bridgehead atoms. The number of primary amides is 1. The van der Waals surface area contributed by atoms with Crippen LogP contribution in [0.25, 0.3) is 5.69 Å². The average Bonchev–Trinajstić information content (AvgIpc) is 3.12. The number of hydrogen-bond acceptors (Lipinski definition) is 3. The van der Waals surface area contributed by atoms with E-state index in [1.807, 2.05) is 42.6 Å². The van der Waals surface area contributed by atoms with E-state index >= 15 is 0 Å². The summed E-state index contributed by atoms with van der Waals surface area (Å²) in [5.41, 5.74) is 9.15. The first-order valence-corrected chi connectivity index (χ1v) is 8.98. The van der Waals surface area contributed by atoms with Gasteiger partial charge in [0.05, 0.1) is 23.8 Å². The number of aromatic nitrogens is 2. The highest BCUT2D eigenvalue weighted by Crippen LogP contribution is 2.38. The van der Waals surface area contributed by atoms with Gasteiger partial charge in [-0.25, -0.2) is 9.07 Å². The number of carbonyl (C=O) groups excluding carboxylic acids is 1. The second-order valence-electron chi connectivity index (χ2n) is 6.96. The zero-order valence-electron chi connectivity index (χ0n) is 15.0. The summed E-state index contributed by atoms with van der Waals surface area (Å²) in [6.45, 7) is 2.70. The van der Waals surface area contributed by atoms with E-state index in [1.54, 1.807) is 10.7 Å². The maximum atomic E-state index is 13.5.